The number of rotatable bonds is 5. The Bertz CT molecular complexity index is 699. The van der Waals surface area contributed by atoms with Gasteiger partial charge in [-0.3, -0.25) is 4.79 Å². The zero-order valence-electron chi connectivity index (χ0n) is 14.7. The molecule has 0 saturated carbocycles. The first-order valence-corrected chi connectivity index (χ1v) is 9.17. The Hall–Kier alpha value is -1.85. The van der Waals surface area contributed by atoms with E-state index in [4.69, 9.17) is 16.0 Å². The van der Waals surface area contributed by atoms with Gasteiger partial charge in [-0.2, -0.15) is 0 Å². The van der Waals surface area contributed by atoms with Crippen LogP contribution >= 0.6 is 11.6 Å². The number of fused-ring (bicyclic) bond motifs is 1. The Labute approximate surface area is 153 Å². The summed E-state index contributed by atoms with van der Waals surface area (Å²) in [4.78, 5) is 19.2. The summed E-state index contributed by atoms with van der Waals surface area (Å²) in [6, 6.07) is 6.96. The molecule has 1 N–H and O–H groups in total. The molecule has 1 amide bonds. The number of aromatic nitrogens is 1. The minimum atomic E-state index is -0.327. The van der Waals surface area contributed by atoms with Gasteiger partial charge in [-0.1, -0.05) is 25.4 Å². The predicted octanol–water partition coefficient (Wildman–Crippen LogP) is 4.03. The number of halogens is 1. The number of amides is 1. The van der Waals surface area contributed by atoms with Crippen LogP contribution in [-0.2, 0) is 12.8 Å². The molecule has 134 valence electrons. The number of nitrogens with one attached hydrogen (secondary N) is 1. The maximum Gasteiger partial charge on any atom is 0.311 e. The molecule has 1 aliphatic rings. The van der Waals surface area contributed by atoms with Crippen LogP contribution in [0.4, 0.5) is 5.69 Å². The fraction of sp³-hybridized carbons (Fsp3) is 0.474. The lowest BCUT2D eigenvalue weighted by molar-refractivity contribution is 0.0988. The van der Waals surface area contributed by atoms with Crippen LogP contribution in [0.5, 0.6) is 0 Å². The van der Waals surface area contributed by atoms with Gasteiger partial charge in [0.05, 0.1) is 5.69 Å². The number of hydrogen-bond acceptors (Lipinski definition) is 4. The molecule has 0 saturated heterocycles. The minimum Gasteiger partial charge on any atom is -0.437 e. The summed E-state index contributed by atoms with van der Waals surface area (Å²) in [5.74, 6) is 1.36. The standard InChI is InChI=1S/C19H24ClN3O2/c1-13(2)7-10-23-11-8-16-17(9-12-23)25-19(22-16)18(24)21-15-5-3-14(20)4-6-15/h3-6,13H,7-12H2,1-2H3,(H,21,24). The van der Waals surface area contributed by atoms with Crippen molar-refractivity contribution in [3.63, 3.8) is 0 Å². The van der Waals surface area contributed by atoms with Crippen molar-refractivity contribution in [2.45, 2.75) is 33.1 Å². The third-order valence-electron chi connectivity index (χ3n) is 4.42. The normalized spacial score (nSPS) is 15.0. The monoisotopic (exact) mass is 361 g/mol. The Balaban J connectivity index is 1.61. The van der Waals surface area contributed by atoms with Crippen molar-refractivity contribution in [1.82, 2.24) is 9.88 Å². The Morgan fingerprint density at radius 2 is 2.00 bits per heavy atom. The highest BCUT2D eigenvalue weighted by molar-refractivity contribution is 6.30. The lowest BCUT2D eigenvalue weighted by Gasteiger charge is -2.20. The van der Waals surface area contributed by atoms with Gasteiger partial charge in [0.25, 0.3) is 5.89 Å². The van der Waals surface area contributed by atoms with Crippen molar-refractivity contribution in [2.24, 2.45) is 5.92 Å². The molecule has 1 aliphatic heterocycles. The molecule has 0 bridgehead atoms. The van der Waals surface area contributed by atoms with Gasteiger partial charge in [0.1, 0.15) is 5.76 Å². The SMILES string of the molecule is CC(C)CCN1CCc2nc(C(=O)Nc3ccc(Cl)cc3)oc2CC1. The molecule has 0 atom stereocenters. The molecule has 0 spiro atoms. The summed E-state index contributed by atoms with van der Waals surface area (Å²) in [6.45, 7) is 7.51. The highest BCUT2D eigenvalue weighted by Gasteiger charge is 2.22. The van der Waals surface area contributed by atoms with Crippen molar-refractivity contribution in [3.8, 4) is 0 Å². The van der Waals surface area contributed by atoms with Crippen molar-refractivity contribution >= 4 is 23.2 Å². The quantitative estimate of drug-likeness (QED) is 0.873. The summed E-state index contributed by atoms with van der Waals surface area (Å²) in [5.41, 5.74) is 1.58. The zero-order valence-corrected chi connectivity index (χ0v) is 15.5. The van der Waals surface area contributed by atoms with Gasteiger partial charge in [0, 0.05) is 36.6 Å². The number of nitrogens with zero attached hydrogens (tertiary/aromatic N) is 2. The molecule has 0 radical (unpaired) electrons. The summed E-state index contributed by atoms with van der Waals surface area (Å²) < 4.78 is 5.74. The highest BCUT2D eigenvalue weighted by atomic mass is 35.5. The third-order valence-corrected chi connectivity index (χ3v) is 4.67. The minimum absolute atomic E-state index is 0.135. The van der Waals surface area contributed by atoms with Gasteiger partial charge in [0.2, 0.25) is 0 Å². The lowest BCUT2D eigenvalue weighted by atomic mass is 10.1. The molecular weight excluding hydrogens is 338 g/mol. The number of carbonyl (C=O) groups excluding carboxylic acids is 1. The summed E-state index contributed by atoms with van der Waals surface area (Å²) in [7, 11) is 0. The van der Waals surface area contributed by atoms with Crippen molar-refractivity contribution in [1.29, 1.82) is 0 Å². The smallest absolute Gasteiger partial charge is 0.311 e. The summed E-state index contributed by atoms with van der Waals surface area (Å²) in [6.07, 6.45) is 2.82. The van der Waals surface area contributed by atoms with Gasteiger partial charge < -0.3 is 14.6 Å². The van der Waals surface area contributed by atoms with Crippen molar-refractivity contribution in [3.05, 3.63) is 46.6 Å². The van der Waals surface area contributed by atoms with E-state index in [-0.39, 0.29) is 11.8 Å². The van der Waals surface area contributed by atoms with Crippen LogP contribution in [0.2, 0.25) is 5.02 Å². The first-order valence-electron chi connectivity index (χ1n) is 8.79. The average Bonchev–Trinajstić information content (AvgIpc) is 2.90. The van der Waals surface area contributed by atoms with Gasteiger partial charge in [-0.05, 0) is 43.1 Å². The molecule has 5 nitrogen and oxygen atoms in total. The van der Waals surface area contributed by atoms with E-state index >= 15 is 0 Å². The van der Waals surface area contributed by atoms with E-state index < -0.39 is 0 Å². The molecule has 1 aromatic carbocycles. The predicted molar refractivity (Wildman–Crippen MR) is 99.2 cm³/mol. The topological polar surface area (TPSA) is 58.4 Å². The van der Waals surface area contributed by atoms with Crippen LogP contribution < -0.4 is 5.32 Å². The molecule has 0 unspecified atom stereocenters. The average molecular weight is 362 g/mol. The van der Waals surface area contributed by atoms with Gasteiger partial charge >= 0.3 is 5.91 Å². The molecule has 6 heteroatoms. The number of benzene rings is 1. The largest absolute Gasteiger partial charge is 0.437 e. The van der Waals surface area contributed by atoms with E-state index in [1.54, 1.807) is 24.3 Å². The molecule has 0 aliphatic carbocycles. The molecule has 3 rings (SSSR count). The molecule has 0 fully saturated rings. The van der Waals surface area contributed by atoms with E-state index in [1.807, 2.05) is 0 Å². The van der Waals surface area contributed by atoms with Crippen LogP contribution in [0, 0.1) is 5.92 Å². The van der Waals surface area contributed by atoms with Crippen molar-refractivity contribution < 1.29 is 9.21 Å². The van der Waals surface area contributed by atoms with Crippen LogP contribution in [-0.4, -0.2) is 35.4 Å². The van der Waals surface area contributed by atoms with E-state index in [9.17, 15) is 4.79 Å². The fourth-order valence-corrected chi connectivity index (χ4v) is 3.01. The van der Waals surface area contributed by atoms with Crippen LogP contribution in [0.25, 0.3) is 0 Å². The second-order valence-corrected chi connectivity index (χ2v) is 7.31. The second kappa shape index (κ2) is 8.02. The van der Waals surface area contributed by atoms with Crippen LogP contribution in [0.3, 0.4) is 0 Å². The molecule has 2 heterocycles. The molecule has 25 heavy (non-hydrogen) atoms. The number of hydrogen-bond donors (Lipinski definition) is 1. The maximum absolute atomic E-state index is 12.3. The zero-order chi connectivity index (χ0) is 17.8. The van der Waals surface area contributed by atoms with Gasteiger partial charge in [-0.25, -0.2) is 4.98 Å². The van der Waals surface area contributed by atoms with Gasteiger partial charge in [-0.15, -0.1) is 0 Å². The Morgan fingerprint density at radius 1 is 1.28 bits per heavy atom. The first kappa shape index (κ1) is 18.0. The van der Waals surface area contributed by atoms with Crippen LogP contribution in [0.15, 0.2) is 28.7 Å². The summed E-state index contributed by atoms with van der Waals surface area (Å²) in [5, 5.41) is 3.42. The lowest BCUT2D eigenvalue weighted by Crippen LogP contribution is -2.28. The molecular formula is C19H24ClN3O2. The fourth-order valence-electron chi connectivity index (χ4n) is 2.89. The van der Waals surface area contributed by atoms with Gasteiger partial charge in [0.15, 0.2) is 0 Å². The molecule has 1 aromatic heterocycles. The van der Waals surface area contributed by atoms with E-state index in [0.29, 0.717) is 16.6 Å². The Kier molecular flexibility index (Phi) is 5.76. The number of oxazole rings is 1. The van der Waals surface area contributed by atoms with Crippen molar-refractivity contribution in [2.75, 3.05) is 25.0 Å². The van der Waals surface area contributed by atoms with E-state index in [2.05, 4.69) is 29.0 Å². The highest BCUT2D eigenvalue weighted by Crippen LogP contribution is 2.19. The number of carbonyl (C=O) groups is 1. The summed E-state index contributed by atoms with van der Waals surface area (Å²) >= 11 is 5.85. The van der Waals surface area contributed by atoms with E-state index in [1.165, 1.54) is 6.42 Å². The Morgan fingerprint density at radius 3 is 2.72 bits per heavy atom. The maximum atomic E-state index is 12.3. The van der Waals surface area contributed by atoms with E-state index in [0.717, 1.165) is 43.9 Å². The first-order chi connectivity index (χ1) is 12.0. The molecule has 2 aromatic rings. The van der Waals surface area contributed by atoms with Crippen LogP contribution in [0.1, 0.15) is 42.4 Å². The number of anilines is 1. The third kappa shape index (κ3) is 4.83. The second-order valence-electron chi connectivity index (χ2n) is 6.87.